The van der Waals surface area contributed by atoms with Crippen molar-refractivity contribution in [2.75, 3.05) is 29.5 Å². The second-order valence-electron chi connectivity index (χ2n) is 5.96. The number of amides is 3. The van der Waals surface area contributed by atoms with E-state index in [1.165, 1.54) is 23.2 Å². The van der Waals surface area contributed by atoms with E-state index >= 15 is 0 Å². The molecule has 0 atom stereocenters. The fourth-order valence-electron chi connectivity index (χ4n) is 2.74. The Bertz CT molecular complexity index is 812. The lowest BCUT2D eigenvalue weighted by molar-refractivity contribution is 0.0953. The molecule has 1 saturated heterocycles. The molecule has 0 aliphatic carbocycles. The van der Waals surface area contributed by atoms with E-state index in [0.717, 1.165) is 11.5 Å². The second-order valence-corrected chi connectivity index (χ2v) is 7.18. The van der Waals surface area contributed by atoms with Gasteiger partial charge in [-0.15, -0.1) is 0 Å². The molecule has 1 aliphatic heterocycles. The predicted molar refractivity (Wildman–Crippen MR) is 103 cm³/mol. The summed E-state index contributed by atoms with van der Waals surface area (Å²) in [5, 5.41) is 0. The van der Waals surface area contributed by atoms with Crippen LogP contribution in [0.25, 0.3) is 0 Å². The SMILES string of the molecule is NNC(=O)c1ccc(CN(C(=O)N2CCSCC2)c2cccc(F)c2)nc1. The lowest BCUT2D eigenvalue weighted by Gasteiger charge is -2.32. The van der Waals surface area contributed by atoms with Crippen molar-refractivity contribution < 1.29 is 14.0 Å². The number of anilines is 1. The molecule has 2 aromatic rings. The van der Waals surface area contributed by atoms with Gasteiger partial charge in [-0.1, -0.05) is 6.07 Å². The van der Waals surface area contributed by atoms with Gasteiger partial charge in [0, 0.05) is 36.5 Å². The van der Waals surface area contributed by atoms with E-state index in [0.29, 0.717) is 30.0 Å². The molecule has 1 aliphatic rings. The smallest absolute Gasteiger partial charge is 0.323 e. The number of rotatable bonds is 4. The van der Waals surface area contributed by atoms with Gasteiger partial charge in [0.2, 0.25) is 0 Å². The van der Waals surface area contributed by atoms with Gasteiger partial charge in [-0.2, -0.15) is 11.8 Å². The van der Waals surface area contributed by atoms with Crippen molar-refractivity contribution >= 4 is 29.4 Å². The van der Waals surface area contributed by atoms with Crippen molar-refractivity contribution in [3.05, 3.63) is 59.7 Å². The largest absolute Gasteiger partial charge is 0.324 e. The molecule has 0 saturated carbocycles. The van der Waals surface area contributed by atoms with Crippen LogP contribution in [0.2, 0.25) is 0 Å². The van der Waals surface area contributed by atoms with Gasteiger partial charge in [-0.25, -0.2) is 15.0 Å². The minimum atomic E-state index is -0.446. The van der Waals surface area contributed by atoms with E-state index in [4.69, 9.17) is 5.84 Å². The summed E-state index contributed by atoms with van der Waals surface area (Å²) >= 11 is 1.80. The van der Waals surface area contributed by atoms with Gasteiger partial charge in [-0.05, 0) is 30.3 Å². The first kappa shape index (κ1) is 19.1. The molecule has 3 rings (SSSR count). The van der Waals surface area contributed by atoms with Gasteiger partial charge in [0.25, 0.3) is 5.91 Å². The Morgan fingerprint density at radius 2 is 2.04 bits per heavy atom. The molecule has 1 fully saturated rings. The maximum absolute atomic E-state index is 13.7. The van der Waals surface area contributed by atoms with Crippen LogP contribution in [0.3, 0.4) is 0 Å². The molecule has 3 amide bonds. The molecular weight excluding hydrogens is 369 g/mol. The summed E-state index contributed by atoms with van der Waals surface area (Å²) < 4.78 is 13.7. The van der Waals surface area contributed by atoms with Gasteiger partial charge < -0.3 is 4.90 Å². The Morgan fingerprint density at radius 3 is 2.67 bits per heavy atom. The predicted octanol–water partition coefficient (Wildman–Crippen LogP) is 2.00. The van der Waals surface area contributed by atoms with Crippen LogP contribution in [0.1, 0.15) is 16.1 Å². The highest BCUT2D eigenvalue weighted by Crippen LogP contribution is 2.21. The van der Waals surface area contributed by atoms with Gasteiger partial charge >= 0.3 is 6.03 Å². The summed E-state index contributed by atoms with van der Waals surface area (Å²) in [5.74, 6) is 6.01. The van der Waals surface area contributed by atoms with Crippen LogP contribution < -0.4 is 16.2 Å². The molecule has 0 radical (unpaired) electrons. The van der Waals surface area contributed by atoms with Gasteiger partial charge in [0.05, 0.1) is 17.8 Å². The third-order valence-electron chi connectivity index (χ3n) is 4.17. The Labute approximate surface area is 160 Å². The van der Waals surface area contributed by atoms with E-state index in [1.54, 1.807) is 40.9 Å². The Hall–Kier alpha value is -2.65. The average Bonchev–Trinajstić information content (AvgIpc) is 2.72. The normalized spacial score (nSPS) is 13.9. The highest BCUT2D eigenvalue weighted by Gasteiger charge is 2.25. The molecular formula is C18H20FN5O2S. The molecule has 1 aromatic heterocycles. The number of halogens is 1. The van der Waals surface area contributed by atoms with E-state index in [-0.39, 0.29) is 12.6 Å². The monoisotopic (exact) mass is 389 g/mol. The quantitative estimate of drug-likeness (QED) is 0.474. The maximum Gasteiger partial charge on any atom is 0.324 e. The minimum Gasteiger partial charge on any atom is -0.323 e. The molecule has 9 heteroatoms. The molecule has 1 aromatic carbocycles. The van der Waals surface area contributed by atoms with E-state index < -0.39 is 11.7 Å². The summed E-state index contributed by atoms with van der Waals surface area (Å²) in [6.45, 7) is 1.47. The first-order chi connectivity index (χ1) is 13.1. The number of benzene rings is 1. The van der Waals surface area contributed by atoms with Crippen molar-refractivity contribution in [1.82, 2.24) is 15.3 Å². The highest BCUT2D eigenvalue weighted by molar-refractivity contribution is 7.99. The maximum atomic E-state index is 13.7. The number of hydrogen-bond donors (Lipinski definition) is 2. The van der Waals surface area contributed by atoms with E-state index in [1.807, 2.05) is 5.43 Å². The van der Waals surface area contributed by atoms with Crippen LogP contribution in [0.15, 0.2) is 42.6 Å². The first-order valence-electron chi connectivity index (χ1n) is 8.44. The molecule has 3 N–H and O–H groups in total. The fraction of sp³-hybridized carbons (Fsp3) is 0.278. The van der Waals surface area contributed by atoms with Crippen LogP contribution in [0, 0.1) is 5.82 Å². The molecule has 7 nitrogen and oxygen atoms in total. The number of carbonyl (C=O) groups is 2. The number of aromatic nitrogens is 1. The zero-order valence-electron chi connectivity index (χ0n) is 14.6. The number of thioether (sulfide) groups is 1. The minimum absolute atomic E-state index is 0.163. The molecule has 0 spiro atoms. The highest BCUT2D eigenvalue weighted by atomic mass is 32.2. The van der Waals surface area contributed by atoms with Gasteiger partial charge in [0.15, 0.2) is 0 Å². The summed E-state index contributed by atoms with van der Waals surface area (Å²) in [4.78, 5) is 32.1. The Kier molecular flexibility index (Phi) is 6.25. The fourth-order valence-corrected chi connectivity index (χ4v) is 3.64. The summed E-state index contributed by atoms with van der Waals surface area (Å²) in [7, 11) is 0. The number of nitrogens with zero attached hydrogens (tertiary/aromatic N) is 3. The number of carbonyl (C=O) groups excluding carboxylic acids is 2. The van der Waals surface area contributed by atoms with Crippen molar-refractivity contribution in [2.45, 2.75) is 6.54 Å². The van der Waals surface area contributed by atoms with Crippen LogP contribution >= 0.6 is 11.8 Å². The summed E-state index contributed by atoms with van der Waals surface area (Å²) in [6, 6.07) is 8.96. The van der Waals surface area contributed by atoms with Gasteiger partial charge in [0.1, 0.15) is 5.82 Å². The van der Waals surface area contributed by atoms with Crippen molar-refractivity contribution in [3.63, 3.8) is 0 Å². The average molecular weight is 389 g/mol. The zero-order chi connectivity index (χ0) is 19.2. The third kappa shape index (κ3) is 4.75. The number of nitrogen functional groups attached to an aromatic ring is 1. The number of nitrogens with two attached hydrogens (primary N) is 1. The molecule has 27 heavy (non-hydrogen) atoms. The Morgan fingerprint density at radius 1 is 1.26 bits per heavy atom. The summed E-state index contributed by atoms with van der Waals surface area (Å²) in [5.41, 5.74) is 3.40. The third-order valence-corrected chi connectivity index (χ3v) is 5.11. The van der Waals surface area contributed by atoms with E-state index in [9.17, 15) is 14.0 Å². The van der Waals surface area contributed by atoms with Crippen molar-refractivity contribution in [3.8, 4) is 0 Å². The molecule has 142 valence electrons. The number of hydrogen-bond acceptors (Lipinski definition) is 5. The van der Waals surface area contributed by atoms with Crippen molar-refractivity contribution in [2.24, 2.45) is 5.84 Å². The standard InChI is InChI=1S/C18H20FN5O2S/c19-14-2-1-3-16(10-14)24(18(26)23-6-8-27-9-7-23)12-15-5-4-13(11-21-15)17(25)22-20/h1-5,10-11H,6-9,12,20H2,(H,22,25). The first-order valence-corrected chi connectivity index (χ1v) is 9.59. The Balaban J connectivity index is 1.85. The molecule has 2 heterocycles. The van der Waals surface area contributed by atoms with Gasteiger partial charge in [-0.3, -0.25) is 20.1 Å². The lowest BCUT2D eigenvalue weighted by atomic mass is 10.2. The number of nitrogens with one attached hydrogen (secondary N) is 1. The van der Waals surface area contributed by atoms with Crippen LogP contribution in [0.5, 0.6) is 0 Å². The molecule has 0 bridgehead atoms. The number of urea groups is 1. The van der Waals surface area contributed by atoms with Crippen molar-refractivity contribution in [1.29, 1.82) is 0 Å². The van der Waals surface area contributed by atoms with Crippen LogP contribution in [-0.2, 0) is 6.54 Å². The van der Waals surface area contributed by atoms with Crippen LogP contribution in [-0.4, -0.2) is 46.4 Å². The number of pyridine rings is 1. The topological polar surface area (TPSA) is 91.6 Å². The zero-order valence-corrected chi connectivity index (χ0v) is 15.4. The molecule has 0 unspecified atom stereocenters. The lowest BCUT2D eigenvalue weighted by Crippen LogP contribution is -2.46. The van der Waals surface area contributed by atoms with Crippen LogP contribution in [0.4, 0.5) is 14.9 Å². The number of hydrazine groups is 1. The summed E-state index contributed by atoms with van der Waals surface area (Å²) in [6.07, 6.45) is 1.39. The van der Waals surface area contributed by atoms with E-state index in [2.05, 4.69) is 4.98 Å². The second kappa shape index (κ2) is 8.83.